The van der Waals surface area contributed by atoms with E-state index in [4.69, 9.17) is 42.6 Å². The Labute approximate surface area is 835 Å². The maximum absolute atomic E-state index is 6.31. The number of fused-ring (bicyclic) bond motifs is 18. The second-order valence-electron chi connectivity index (χ2n) is 46.8. The van der Waals surface area contributed by atoms with Crippen LogP contribution >= 0.6 is 0 Å². The van der Waals surface area contributed by atoms with Gasteiger partial charge in [0.05, 0.1) is 110 Å². The zero-order valence-electron chi connectivity index (χ0n) is 89.1. The van der Waals surface area contributed by atoms with Crippen LogP contribution in [0.3, 0.4) is 0 Å². The maximum Gasteiger partial charge on any atom is 0.0875 e. The minimum atomic E-state index is 0.239. The first-order chi connectivity index (χ1) is 66.7. The molecular weight excluding hydrogens is 1690 g/mol. The van der Waals surface area contributed by atoms with Crippen molar-refractivity contribution >= 4 is 32.3 Å². The van der Waals surface area contributed by atoms with E-state index in [0.717, 1.165) is 122 Å². The third-order valence-corrected chi connectivity index (χ3v) is 35.9. The van der Waals surface area contributed by atoms with E-state index in [0.29, 0.717) is 103 Å². The van der Waals surface area contributed by atoms with E-state index in [9.17, 15) is 0 Å². The van der Waals surface area contributed by atoms with Gasteiger partial charge in [0.2, 0.25) is 0 Å². The Kier molecular flexibility index (Phi) is 36.6. The normalized spacial score (nSPS) is 29.7. The lowest BCUT2D eigenvalue weighted by molar-refractivity contribution is -0.0669. The number of aryl methyl sites for hydroxylation is 3. The molecule has 0 saturated heterocycles. The predicted octanol–water partition coefficient (Wildman–Crippen LogP) is 33.7. The molecule has 9 aromatic rings. The van der Waals surface area contributed by atoms with Gasteiger partial charge in [-0.1, -0.05) is 264 Å². The molecule has 0 N–H and O–H groups in total. The monoisotopic (exact) mass is 1870 g/mol. The van der Waals surface area contributed by atoms with Crippen molar-refractivity contribution in [3.63, 3.8) is 0 Å². The van der Waals surface area contributed by atoms with Crippen LogP contribution in [0.2, 0.25) is 0 Å². The fourth-order valence-electron chi connectivity index (χ4n) is 27.8. The molecule has 6 bridgehead atoms. The van der Waals surface area contributed by atoms with Crippen LogP contribution in [-0.4, -0.2) is 73.2 Å². The molecule has 9 nitrogen and oxygen atoms in total. The Morgan fingerprint density at radius 2 is 0.486 bits per heavy atom. The second-order valence-corrected chi connectivity index (χ2v) is 46.8. The first kappa shape index (κ1) is 104. The van der Waals surface area contributed by atoms with Crippen molar-refractivity contribution in [1.82, 2.24) is 0 Å². The van der Waals surface area contributed by atoms with E-state index < -0.39 is 0 Å². The highest BCUT2D eigenvalue weighted by Gasteiger charge is 2.57. The zero-order valence-corrected chi connectivity index (χ0v) is 89.1. The molecule has 9 aromatic carbocycles. The molecule has 15 aliphatic rings. The third-order valence-electron chi connectivity index (χ3n) is 35.9. The number of ether oxygens (including phenoxy) is 9. The molecule has 9 saturated carbocycles. The Balaban J connectivity index is 0.000000112. The minimum absolute atomic E-state index is 0.239. The van der Waals surface area contributed by atoms with Crippen molar-refractivity contribution in [3.8, 4) is 0 Å². The lowest BCUT2D eigenvalue weighted by atomic mass is 9.80. The van der Waals surface area contributed by atoms with Crippen LogP contribution < -0.4 is 0 Å². The molecule has 24 rings (SSSR count). The standard InChI is InChI=1S/C17H20O.C16H18O.C15H26O.C15H16O.C14H24O.C14H20O.C13H22O.C13H18O.C12H16O/c1-11(2)12(3)18-16-10-14-8-4-6-13-7-5-9-15(16)17(13)14;1-3-11(2)17-15-10-13-8-4-6-12-7-5-9-14(15)16(12)13;1-9(2)10(3)16-15-8-11-7-14(15)13-6-4-5-12(11)13;1-10(2)16-14-9-12-7-3-5-11-6-4-8-13(14)15(11)12;1-3-9(2)15-14-8-10-7-13(14)12-6-4-5-11(10)12;1-10(2)11(3)15-14-9-8-12-6-4-5-7-13(12)14;1-8(2)14-13-7-9-6-12(13)11-5-3-4-10(9)11;1-3-10(2)14-13-9-8-11-6-4-5-7-12(11)13;1-9(2)13-12-8-7-10-5-3-4-6-11(10)12/h4-9,11-12,16H,10H2,1-3H3;4-9,11,15H,3,10H2,1-2H3;9-15H,4-8H2,1-3H3;3-8,10,14H,9H2,1-2H3;9-14H,3-8H2,1-2H3;4-7,10-11,14H,8-9H2,1-3H3;8-13H,3-7H2,1-2H3;4-7,10,13H,3,8-9H2,1-2H3;3-6,9,12H,7-8H2,1-2H3. The molecule has 27 unspecified atom stereocenters. The van der Waals surface area contributed by atoms with Crippen LogP contribution in [0.1, 0.15) is 384 Å². The first-order valence-electron chi connectivity index (χ1n) is 56.3. The van der Waals surface area contributed by atoms with E-state index in [2.05, 4.69) is 327 Å². The molecular formula is C129H180O9. The predicted molar refractivity (Wildman–Crippen MR) is 574 cm³/mol. The lowest BCUT2D eigenvalue weighted by Gasteiger charge is -2.34. The number of hydrogen-bond donors (Lipinski definition) is 0. The Hall–Kier alpha value is -6.60. The highest BCUT2D eigenvalue weighted by Crippen LogP contribution is 2.63. The fourth-order valence-corrected chi connectivity index (χ4v) is 27.8. The van der Waals surface area contributed by atoms with Crippen LogP contribution in [-0.2, 0) is 81.2 Å². The molecule has 138 heavy (non-hydrogen) atoms. The van der Waals surface area contributed by atoms with Crippen molar-refractivity contribution in [3.05, 3.63) is 249 Å². The summed E-state index contributed by atoms with van der Waals surface area (Å²) in [6, 6.07) is 65.2. The van der Waals surface area contributed by atoms with Gasteiger partial charge in [0.25, 0.3) is 0 Å². The quantitative estimate of drug-likeness (QED) is 0.0587. The third kappa shape index (κ3) is 24.8. The van der Waals surface area contributed by atoms with Gasteiger partial charge in [-0.2, -0.15) is 0 Å². The van der Waals surface area contributed by atoms with Gasteiger partial charge < -0.3 is 42.6 Å². The summed E-state index contributed by atoms with van der Waals surface area (Å²) in [6.07, 6.45) is 42.6. The van der Waals surface area contributed by atoms with Gasteiger partial charge in [0.1, 0.15) is 0 Å². The van der Waals surface area contributed by atoms with Crippen LogP contribution in [0.15, 0.2) is 182 Å². The van der Waals surface area contributed by atoms with Gasteiger partial charge >= 0.3 is 0 Å². The molecule has 27 atom stereocenters. The summed E-state index contributed by atoms with van der Waals surface area (Å²) >= 11 is 0. The SMILES string of the molecule is CC(C)C(C)OC1CC2CC1C1CCCC21.CC(C)C(C)OC1CCc2ccccc21.CC(C)C(C)OC1Cc2cccc3cccc1c23.CC(C)OC1CC2CC1C1CCCC21.CC(C)OC1CCc2ccccc21.CC(C)OC1Cc2cccc3cccc1c23.CCC(C)OC1CC2CC1C1CCCC21.CCC(C)OC1CCc2ccccc21.CCC(C)OC1Cc2cccc3cccc1c23. The lowest BCUT2D eigenvalue weighted by Crippen LogP contribution is -2.34. The Bertz CT molecular complexity index is 5290. The summed E-state index contributed by atoms with van der Waals surface area (Å²) in [5.41, 5.74) is 17.0. The number of benzene rings is 9. The molecule has 0 amide bonds. The summed E-state index contributed by atoms with van der Waals surface area (Å²) in [5.74, 6) is 14.2. The van der Waals surface area contributed by atoms with Crippen molar-refractivity contribution in [2.75, 3.05) is 0 Å². The Morgan fingerprint density at radius 3 is 0.841 bits per heavy atom. The van der Waals surface area contributed by atoms with Gasteiger partial charge in [-0.05, 0) is 406 Å². The summed E-state index contributed by atoms with van der Waals surface area (Å²) < 4.78 is 54.9. The van der Waals surface area contributed by atoms with Crippen LogP contribution in [0, 0.1) is 88.8 Å². The smallest absolute Gasteiger partial charge is 0.0875 e. The van der Waals surface area contributed by atoms with Crippen LogP contribution in [0.25, 0.3) is 32.3 Å². The van der Waals surface area contributed by atoms with Crippen molar-refractivity contribution in [2.24, 2.45) is 88.8 Å². The van der Waals surface area contributed by atoms with Gasteiger partial charge in [-0.3, -0.25) is 0 Å². The van der Waals surface area contributed by atoms with Crippen molar-refractivity contribution < 1.29 is 42.6 Å². The van der Waals surface area contributed by atoms with E-state index in [1.165, 1.54) is 221 Å². The molecule has 9 fully saturated rings. The molecule has 0 aliphatic heterocycles. The summed E-state index contributed by atoms with van der Waals surface area (Å²) in [4.78, 5) is 0. The molecule has 0 radical (unpaired) electrons. The Morgan fingerprint density at radius 1 is 0.225 bits per heavy atom. The van der Waals surface area contributed by atoms with Gasteiger partial charge in [0, 0.05) is 19.3 Å². The van der Waals surface area contributed by atoms with E-state index >= 15 is 0 Å². The van der Waals surface area contributed by atoms with Crippen molar-refractivity contribution in [1.29, 1.82) is 0 Å². The first-order valence-corrected chi connectivity index (χ1v) is 56.3. The topological polar surface area (TPSA) is 83.1 Å². The van der Waals surface area contributed by atoms with E-state index in [-0.39, 0.29) is 24.4 Å². The van der Waals surface area contributed by atoms with E-state index in [1.54, 1.807) is 0 Å². The van der Waals surface area contributed by atoms with Gasteiger partial charge in [-0.15, -0.1) is 0 Å². The molecule has 0 spiro atoms. The minimum Gasteiger partial charge on any atom is -0.375 e. The summed E-state index contributed by atoms with van der Waals surface area (Å²) in [7, 11) is 0. The zero-order chi connectivity index (χ0) is 97.1. The maximum atomic E-state index is 6.31. The molecule has 0 heterocycles. The second kappa shape index (κ2) is 48.4. The fraction of sp³-hybridized carbons (Fsp3) is 0.628. The van der Waals surface area contributed by atoms with Crippen LogP contribution in [0.5, 0.6) is 0 Å². The van der Waals surface area contributed by atoms with Gasteiger partial charge in [0.15, 0.2) is 0 Å². The van der Waals surface area contributed by atoms with Crippen LogP contribution in [0.4, 0.5) is 0 Å². The largest absolute Gasteiger partial charge is 0.375 e. The molecule has 15 aliphatic carbocycles. The molecule has 750 valence electrons. The van der Waals surface area contributed by atoms with Crippen molar-refractivity contribution in [2.45, 2.75) is 429 Å². The average molecular weight is 1870 g/mol. The molecule has 9 heteroatoms. The summed E-state index contributed by atoms with van der Waals surface area (Å²) in [6.45, 7) is 45.9. The number of rotatable bonds is 24. The highest BCUT2D eigenvalue weighted by molar-refractivity contribution is 5.93. The number of hydrogen-bond acceptors (Lipinski definition) is 9. The van der Waals surface area contributed by atoms with E-state index in [1.807, 2.05) is 0 Å². The highest BCUT2D eigenvalue weighted by atomic mass is 16.5. The summed E-state index contributed by atoms with van der Waals surface area (Å²) in [5, 5.41) is 8.27. The molecule has 0 aromatic heterocycles. The van der Waals surface area contributed by atoms with Gasteiger partial charge in [-0.25, -0.2) is 0 Å². The average Bonchev–Trinajstić information content (AvgIpc) is 1.60.